The quantitative estimate of drug-likeness (QED) is 0.150. The van der Waals surface area contributed by atoms with Crippen LogP contribution in [-0.4, -0.2) is 0 Å². The van der Waals surface area contributed by atoms with Crippen LogP contribution in [0.15, 0.2) is 261 Å². The van der Waals surface area contributed by atoms with Crippen LogP contribution in [0.4, 0.5) is 34.1 Å². The van der Waals surface area contributed by atoms with Gasteiger partial charge in [0, 0.05) is 39.5 Å². The van der Waals surface area contributed by atoms with Gasteiger partial charge in [-0.1, -0.05) is 202 Å². The Hall–Kier alpha value is -8.72. The number of benzene rings is 10. The number of rotatable bonds is 8. The number of anilines is 6. The summed E-state index contributed by atoms with van der Waals surface area (Å²) in [6.45, 7) is 9.54. The first kappa shape index (κ1) is 42.6. The summed E-state index contributed by atoms with van der Waals surface area (Å²) < 4.78 is 0. The molecule has 0 N–H and O–H groups in total. The van der Waals surface area contributed by atoms with Crippen LogP contribution in [0.25, 0.3) is 60.5 Å². The molecule has 0 unspecified atom stereocenters. The van der Waals surface area contributed by atoms with Crippen LogP contribution in [-0.2, 0) is 5.41 Å². The van der Waals surface area contributed by atoms with Gasteiger partial charge >= 0.3 is 0 Å². The first-order chi connectivity index (χ1) is 34.4. The zero-order chi connectivity index (χ0) is 47.2. The van der Waals surface area contributed by atoms with Gasteiger partial charge in [-0.15, -0.1) is 0 Å². The minimum absolute atomic E-state index is 0.328. The average Bonchev–Trinajstić information content (AvgIpc) is 3.63. The van der Waals surface area contributed by atoms with Crippen LogP contribution < -0.4 is 9.80 Å². The molecule has 0 radical (unpaired) electrons. The fraction of sp³-hybridized carbons (Fsp3) is 0.0588. The maximum atomic E-state index is 4.73. The Morgan fingerprint density at radius 3 is 1.40 bits per heavy atom. The van der Waals surface area contributed by atoms with Crippen molar-refractivity contribution in [3.8, 4) is 22.3 Å². The van der Waals surface area contributed by atoms with E-state index in [4.69, 9.17) is 6.58 Å². The minimum Gasteiger partial charge on any atom is -0.310 e. The molecule has 0 fully saturated rings. The molecule has 0 atom stereocenters. The first-order valence-electron chi connectivity index (χ1n) is 24.3. The van der Waals surface area contributed by atoms with E-state index in [-0.39, 0.29) is 5.41 Å². The van der Waals surface area contributed by atoms with E-state index in [1.165, 1.54) is 71.6 Å². The molecule has 0 amide bonds. The predicted molar refractivity (Wildman–Crippen MR) is 300 cm³/mol. The van der Waals surface area contributed by atoms with E-state index in [0.29, 0.717) is 0 Å². The molecule has 0 aromatic heterocycles. The van der Waals surface area contributed by atoms with Crippen LogP contribution in [0.1, 0.15) is 42.5 Å². The lowest BCUT2D eigenvalue weighted by Crippen LogP contribution is -2.19. The maximum absolute atomic E-state index is 4.73. The van der Waals surface area contributed by atoms with Crippen molar-refractivity contribution in [2.45, 2.75) is 25.7 Å². The molecule has 10 aromatic rings. The number of hydrogen-bond acceptors (Lipinski definition) is 2. The molecule has 2 heteroatoms. The SMILES string of the molecule is C=C1/C=C\C=C/CC2=C(c3ccc(N(c4ccccc4)c4ccc(-c5cccc6ccccc56)cc4)cc31)C(C)(C)c1cc(N(c3ccccc3)c3ccc(-c4cccc5ccccc45)cc3)ccc12. The number of fused-ring (bicyclic) bond motifs is 6. The lowest BCUT2D eigenvalue weighted by atomic mass is 9.76. The van der Waals surface area contributed by atoms with Gasteiger partial charge in [-0.2, -0.15) is 0 Å². The molecule has 0 aliphatic heterocycles. The second-order valence-electron chi connectivity index (χ2n) is 18.9. The summed E-state index contributed by atoms with van der Waals surface area (Å²) in [5.41, 5.74) is 19.8. The van der Waals surface area contributed by atoms with Crippen molar-refractivity contribution in [1.82, 2.24) is 0 Å². The smallest absolute Gasteiger partial charge is 0.0468 e. The van der Waals surface area contributed by atoms with Crippen LogP contribution in [0.2, 0.25) is 0 Å². The Balaban J connectivity index is 0.941. The Kier molecular flexibility index (Phi) is 10.8. The Labute approximate surface area is 411 Å². The summed E-state index contributed by atoms with van der Waals surface area (Å²) >= 11 is 0. The fourth-order valence-corrected chi connectivity index (χ4v) is 11.1. The van der Waals surface area contributed by atoms with Crippen LogP contribution in [0.3, 0.4) is 0 Å². The van der Waals surface area contributed by atoms with E-state index in [2.05, 4.69) is 278 Å². The zero-order valence-corrected chi connectivity index (χ0v) is 39.6. The number of allylic oxidation sites excluding steroid dienone is 7. The second kappa shape index (κ2) is 17.7. The van der Waals surface area contributed by atoms with Crippen molar-refractivity contribution < 1.29 is 0 Å². The van der Waals surface area contributed by atoms with Gasteiger partial charge in [0.25, 0.3) is 0 Å². The molecule has 10 aromatic carbocycles. The highest BCUT2D eigenvalue weighted by Gasteiger charge is 2.40. The highest BCUT2D eigenvalue weighted by atomic mass is 15.1. The highest BCUT2D eigenvalue weighted by molar-refractivity contribution is 6.06. The summed E-state index contributed by atoms with van der Waals surface area (Å²) in [6.07, 6.45) is 9.59. The molecule has 2 nitrogen and oxygen atoms in total. The van der Waals surface area contributed by atoms with E-state index in [0.717, 1.165) is 51.7 Å². The molecule has 2 aliphatic rings. The molecular formula is C68H52N2. The highest BCUT2D eigenvalue weighted by Crippen LogP contribution is 2.55. The Morgan fingerprint density at radius 1 is 0.386 bits per heavy atom. The third-order valence-corrected chi connectivity index (χ3v) is 14.4. The molecule has 2 aliphatic carbocycles. The van der Waals surface area contributed by atoms with Crippen molar-refractivity contribution in [1.29, 1.82) is 0 Å². The summed E-state index contributed by atoms with van der Waals surface area (Å²) in [7, 11) is 0. The average molecular weight is 897 g/mol. The first-order valence-corrected chi connectivity index (χ1v) is 24.3. The van der Waals surface area contributed by atoms with Crippen molar-refractivity contribution in [3.63, 3.8) is 0 Å². The molecule has 0 bridgehead atoms. The van der Waals surface area contributed by atoms with Gasteiger partial charge in [0.1, 0.15) is 0 Å². The van der Waals surface area contributed by atoms with Crippen LogP contribution >= 0.6 is 0 Å². The lowest BCUT2D eigenvalue weighted by molar-refractivity contribution is 0.703. The summed E-state index contributed by atoms with van der Waals surface area (Å²) in [6, 6.07) is 84.0. The Morgan fingerprint density at radius 2 is 0.843 bits per heavy atom. The Bertz CT molecular complexity index is 3690. The molecule has 12 rings (SSSR count). The molecule has 0 spiro atoms. The molecule has 0 heterocycles. The van der Waals surface area contributed by atoms with Gasteiger partial charge in [-0.3, -0.25) is 0 Å². The van der Waals surface area contributed by atoms with E-state index >= 15 is 0 Å². The normalized spacial score (nSPS) is 14.7. The van der Waals surface area contributed by atoms with Crippen molar-refractivity contribution in [2.24, 2.45) is 0 Å². The largest absolute Gasteiger partial charge is 0.310 e. The van der Waals surface area contributed by atoms with Crippen molar-refractivity contribution in [2.75, 3.05) is 9.80 Å². The van der Waals surface area contributed by atoms with Gasteiger partial charge in [0.15, 0.2) is 0 Å². The van der Waals surface area contributed by atoms with E-state index in [1.54, 1.807) is 0 Å². The number of para-hydroxylation sites is 2. The summed E-state index contributed by atoms with van der Waals surface area (Å²) in [5.74, 6) is 0. The predicted octanol–water partition coefficient (Wildman–Crippen LogP) is 19.0. The van der Waals surface area contributed by atoms with Crippen LogP contribution in [0, 0.1) is 0 Å². The third-order valence-electron chi connectivity index (χ3n) is 14.4. The third kappa shape index (κ3) is 7.55. The fourth-order valence-electron chi connectivity index (χ4n) is 11.1. The van der Waals surface area contributed by atoms with Gasteiger partial charge in [-0.25, -0.2) is 0 Å². The number of nitrogens with zero attached hydrogens (tertiary/aromatic N) is 2. The van der Waals surface area contributed by atoms with E-state index < -0.39 is 0 Å². The van der Waals surface area contributed by atoms with E-state index in [1.807, 2.05) is 0 Å². The summed E-state index contributed by atoms with van der Waals surface area (Å²) in [4.78, 5) is 4.76. The van der Waals surface area contributed by atoms with Crippen LogP contribution in [0.5, 0.6) is 0 Å². The van der Waals surface area contributed by atoms with Gasteiger partial charge < -0.3 is 9.80 Å². The minimum atomic E-state index is -0.328. The van der Waals surface area contributed by atoms with Gasteiger partial charge in [-0.05, 0) is 162 Å². The maximum Gasteiger partial charge on any atom is 0.0468 e. The van der Waals surface area contributed by atoms with E-state index in [9.17, 15) is 0 Å². The van der Waals surface area contributed by atoms with Crippen molar-refractivity contribution >= 4 is 72.4 Å². The molecule has 0 saturated carbocycles. The monoisotopic (exact) mass is 896 g/mol. The molecular weight excluding hydrogens is 845 g/mol. The topological polar surface area (TPSA) is 6.48 Å². The molecule has 0 saturated heterocycles. The van der Waals surface area contributed by atoms with Gasteiger partial charge in [0.05, 0.1) is 0 Å². The zero-order valence-electron chi connectivity index (χ0n) is 39.6. The molecule has 334 valence electrons. The number of hydrogen-bond donors (Lipinski definition) is 0. The van der Waals surface area contributed by atoms with Crippen molar-refractivity contribution in [3.05, 3.63) is 284 Å². The second-order valence-corrected chi connectivity index (χ2v) is 18.9. The summed E-state index contributed by atoms with van der Waals surface area (Å²) in [5, 5.41) is 5.01. The standard InChI is InChI=1S/C68H52N2/c1-47-19-7-4-12-30-63-62-43-41-57(70(53-26-10-6-11-27-53)55-39-35-51(36-40-55)61-32-18-23-49-21-14-16-29-59(49)61)46-66(62)68(2,3)67(63)64-44-42-56(45-65(47)64)69(52-24-8-5-9-25-52)54-37-33-50(34-38-54)60-31-17-22-48-20-13-15-28-58(48)60/h4-29,31-46H,1,30H2,2-3H3/b12-4-,19-7-. The lowest BCUT2D eigenvalue weighted by Gasteiger charge is -2.31. The molecule has 70 heavy (non-hydrogen) atoms. The van der Waals surface area contributed by atoms with Gasteiger partial charge in [0.2, 0.25) is 0 Å².